The first-order valence-corrected chi connectivity index (χ1v) is 6.15. The number of hydrogen-bond acceptors (Lipinski definition) is 4. The maximum Gasteiger partial charge on any atom is 0.203 e. The van der Waals surface area contributed by atoms with Gasteiger partial charge in [-0.25, -0.2) is 0 Å². The van der Waals surface area contributed by atoms with Crippen LogP contribution in [-0.4, -0.2) is 17.8 Å². The van der Waals surface area contributed by atoms with Crippen LogP contribution >= 0.6 is 0 Å². The van der Waals surface area contributed by atoms with E-state index in [1.165, 1.54) is 6.42 Å². The Bertz CT molecular complexity index is 394. The maximum atomic E-state index is 9.55. The molecule has 0 spiro atoms. The van der Waals surface area contributed by atoms with E-state index in [-0.39, 0.29) is 6.10 Å². The molecule has 1 heterocycles. The highest BCUT2D eigenvalue weighted by Crippen LogP contribution is 2.23. The highest BCUT2D eigenvalue weighted by atomic mass is 16.3. The average Bonchev–Trinajstić information content (AvgIpc) is 2.77. The van der Waals surface area contributed by atoms with Crippen molar-refractivity contribution in [2.75, 3.05) is 6.54 Å². The third-order valence-electron chi connectivity index (χ3n) is 3.26. The number of aliphatic hydroxyl groups excluding tert-OH is 1. The van der Waals surface area contributed by atoms with Crippen molar-refractivity contribution in [3.63, 3.8) is 0 Å². The Kier molecular flexibility index (Phi) is 4.18. The fourth-order valence-electron chi connectivity index (χ4n) is 2.38. The molecule has 0 aliphatic heterocycles. The number of hydrogen-bond donors (Lipinski definition) is 2. The van der Waals surface area contributed by atoms with E-state index >= 15 is 0 Å². The first-order valence-electron chi connectivity index (χ1n) is 6.15. The Balaban J connectivity index is 1.70. The van der Waals surface area contributed by atoms with Crippen LogP contribution in [0.3, 0.4) is 0 Å². The van der Waals surface area contributed by atoms with E-state index in [0.717, 1.165) is 31.6 Å². The fourth-order valence-corrected chi connectivity index (χ4v) is 2.38. The number of nitrogens with one attached hydrogen (secondary N) is 1. The Labute approximate surface area is 101 Å². The van der Waals surface area contributed by atoms with Gasteiger partial charge in [0.2, 0.25) is 5.76 Å². The van der Waals surface area contributed by atoms with Crippen LogP contribution in [0.2, 0.25) is 0 Å². The minimum atomic E-state index is -0.121. The molecule has 0 radical (unpaired) electrons. The van der Waals surface area contributed by atoms with Gasteiger partial charge in [-0.2, -0.15) is 5.26 Å². The van der Waals surface area contributed by atoms with Crippen molar-refractivity contribution in [1.82, 2.24) is 5.32 Å². The molecule has 1 saturated carbocycles. The Hall–Kier alpha value is -1.31. The Morgan fingerprint density at radius 3 is 3.06 bits per heavy atom. The number of nitriles is 1. The lowest BCUT2D eigenvalue weighted by atomic mass is 9.87. The Morgan fingerprint density at radius 1 is 1.47 bits per heavy atom. The van der Waals surface area contributed by atoms with Gasteiger partial charge in [0.15, 0.2) is 0 Å². The van der Waals surface area contributed by atoms with Crippen molar-refractivity contribution < 1.29 is 9.52 Å². The van der Waals surface area contributed by atoms with Gasteiger partial charge >= 0.3 is 0 Å². The molecule has 4 nitrogen and oxygen atoms in total. The van der Waals surface area contributed by atoms with Gasteiger partial charge in [0.1, 0.15) is 11.8 Å². The molecule has 4 heteroatoms. The molecule has 17 heavy (non-hydrogen) atoms. The molecule has 0 amide bonds. The van der Waals surface area contributed by atoms with E-state index in [2.05, 4.69) is 5.32 Å². The molecule has 92 valence electrons. The predicted octanol–water partition coefficient (Wildman–Crippen LogP) is 1.79. The van der Waals surface area contributed by atoms with Gasteiger partial charge in [-0.1, -0.05) is 6.42 Å². The van der Waals surface area contributed by atoms with Crippen molar-refractivity contribution in [3.05, 3.63) is 23.7 Å². The first kappa shape index (κ1) is 12.2. The van der Waals surface area contributed by atoms with Crippen LogP contribution in [0.25, 0.3) is 0 Å². The average molecular weight is 234 g/mol. The molecule has 1 fully saturated rings. The van der Waals surface area contributed by atoms with Crippen LogP contribution in [-0.2, 0) is 6.54 Å². The summed E-state index contributed by atoms with van der Waals surface area (Å²) in [5.74, 6) is 1.71. The summed E-state index contributed by atoms with van der Waals surface area (Å²) < 4.78 is 5.27. The quantitative estimate of drug-likeness (QED) is 0.833. The zero-order valence-electron chi connectivity index (χ0n) is 9.85. The lowest BCUT2D eigenvalue weighted by Gasteiger charge is -2.25. The molecule has 0 aromatic carbocycles. The molecule has 1 aliphatic rings. The molecular weight excluding hydrogens is 216 g/mol. The fraction of sp³-hybridized carbons (Fsp3) is 0.615. The maximum absolute atomic E-state index is 9.55. The number of nitrogens with zero attached hydrogens (tertiary/aromatic N) is 1. The SMILES string of the molecule is N#Cc1ccc(CNCC2CCCC(O)C2)o1. The molecule has 1 aliphatic carbocycles. The molecule has 1 aromatic heterocycles. The Morgan fingerprint density at radius 2 is 2.35 bits per heavy atom. The van der Waals surface area contributed by atoms with E-state index in [1.54, 1.807) is 6.07 Å². The van der Waals surface area contributed by atoms with E-state index in [0.29, 0.717) is 18.2 Å². The van der Waals surface area contributed by atoms with Crippen LogP contribution in [0.5, 0.6) is 0 Å². The third-order valence-corrected chi connectivity index (χ3v) is 3.26. The molecular formula is C13H18N2O2. The normalized spacial score (nSPS) is 24.5. The van der Waals surface area contributed by atoms with Gasteiger partial charge in [0.25, 0.3) is 0 Å². The molecule has 2 N–H and O–H groups in total. The summed E-state index contributed by atoms with van der Waals surface area (Å²) in [7, 11) is 0. The van der Waals surface area contributed by atoms with Crippen LogP contribution in [0, 0.1) is 17.2 Å². The van der Waals surface area contributed by atoms with Crippen LogP contribution in [0.1, 0.15) is 37.2 Å². The van der Waals surface area contributed by atoms with E-state index in [4.69, 9.17) is 9.68 Å². The van der Waals surface area contributed by atoms with Gasteiger partial charge in [-0.15, -0.1) is 0 Å². The highest BCUT2D eigenvalue weighted by Gasteiger charge is 2.19. The van der Waals surface area contributed by atoms with Gasteiger partial charge in [-0.3, -0.25) is 0 Å². The third kappa shape index (κ3) is 3.58. The van der Waals surface area contributed by atoms with Gasteiger partial charge in [-0.05, 0) is 43.9 Å². The number of rotatable bonds is 4. The number of furan rings is 1. The first-order chi connectivity index (χ1) is 8.28. The standard InChI is InChI=1S/C13H18N2O2/c14-7-12-4-5-13(17-12)9-15-8-10-2-1-3-11(16)6-10/h4-5,10-11,15-16H,1-3,6,8-9H2. The summed E-state index contributed by atoms with van der Waals surface area (Å²) in [5, 5.41) is 21.5. The molecule has 0 bridgehead atoms. The zero-order chi connectivity index (χ0) is 12.1. The van der Waals surface area contributed by atoms with Crippen molar-refractivity contribution in [2.24, 2.45) is 5.92 Å². The second-order valence-corrected chi connectivity index (χ2v) is 4.70. The summed E-state index contributed by atoms with van der Waals surface area (Å²) in [6.07, 6.45) is 4.03. The second kappa shape index (κ2) is 5.85. The van der Waals surface area contributed by atoms with Crippen molar-refractivity contribution >= 4 is 0 Å². The summed E-state index contributed by atoms with van der Waals surface area (Å²) in [4.78, 5) is 0. The number of aliphatic hydroxyl groups is 1. The van der Waals surface area contributed by atoms with E-state index in [1.807, 2.05) is 12.1 Å². The molecule has 2 atom stereocenters. The molecule has 1 aromatic rings. The van der Waals surface area contributed by atoms with Crippen LogP contribution in [0.4, 0.5) is 0 Å². The largest absolute Gasteiger partial charge is 0.449 e. The molecule has 2 rings (SSSR count). The van der Waals surface area contributed by atoms with Crippen molar-refractivity contribution in [3.8, 4) is 6.07 Å². The lowest BCUT2D eigenvalue weighted by molar-refractivity contribution is 0.100. The van der Waals surface area contributed by atoms with Crippen molar-refractivity contribution in [1.29, 1.82) is 5.26 Å². The predicted molar refractivity (Wildman–Crippen MR) is 63.1 cm³/mol. The summed E-state index contributed by atoms with van der Waals surface area (Å²) in [6.45, 7) is 1.55. The van der Waals surface area contributed by atoms with Gasteiger partial charge < -0.3 is 14.8 Å². The molecule has 2 unspecified atom stereocenters. The second-order valence-electron chi connectivity index (χ2n) is 4.70. The summed E-state index contributed by atoms with van der Waals surface area (Å²) in [5.41, 5.74) is 0. The highest BCUT2D eigenvalue weighted by molar-refractivity contribution is 5.18. The minimum absolute atomic E-state index is 0.121. The lowest BCUT2D eigenvalue weighted by Crippen LogP contribution is -2.28. The van der Waals surface area contributed by atoms with Crippen LogP contribution < -0.4 is 5.32 Å². The van der Waals surface area contributed by atoms with Gasteiger partial charge in [0, 0.05) is 0 Å². The minimum Gasteiger partial charge on any atom is -0.449 e. The topological polar surface area (TPSA) is 69.2 Å². The van der Waals surface area contributed by atoms with Crippen molar-refractivity contribution in [2.45, 2.75) is 38.3 Å². The van der Waals surface area contributed by atoms with Gasteiger partial charge in [0.05, 0.1) is 12.6 Å². The summed E-state index contributed by atoms with van der Waals surface area (Å²) in [6, 6.07) is 5.47. The van der Waals surface area contributed by atoms with Crippen LogP contribution in [0.15, 0.2) is 16.5 Å². The molecule has 0 saturated heterocycles. The summed E-state index contributed by atoms with van der Waals surface area (Å²) >= 11 is 0. The smallest absolute Gasteiger partial charge is 0.203 e. The van der Waals surface area contributed by atoms with E-state index in [9.17, 15) is 5.11 Å². The zero-order valence-corrected chi connectivity index (χ0v) is 9.85. The monoisotopic (exact) mass is 234 g/mol. The van der Waals surface area contributed by atoms with E-state index < -0.39 is 0 Å².